The van der Waals surface area contributed by atoms with Gasteiger partial charge in [-0.3, -0.25) is 9.69 Å². The molecule has 2 aromatic rings. The first kappa shape index (κ1) is 26.0. The molecule has 0 aliphatic carbocycles. The molecule has 3 amide bonds. The molecule has 2 atom stereocenters. The van der Waals surface area contributed by atoms with Gasteiger partial charge in [0.15, 0.2) is 0 Å². The normalized spacial score (nSPS) is 19.0. The molecule has 0 bridgehead atoms. The highest BCUT2D eigenvalue weighted by Crippen LogP contribution is 2.29. The van der Waals surface area contributed by atoms with Crippen LogP contribution in [0.15, 0.2) is 48.5 Å². The number of methoxy groups -OCH3 is 1. The number of alkyl halides is 1. The van der Waals surface area contributed by atoms with Crippen LogP contribution < -0.4 is 15.4 Å². The summed E-state index contributed by atoms with van der Waals surface area (Å²) in [6, 6.07) is 14.1. The van der Waals surface area contributed by atoms with Crippen molar-refractivity contribution in [3.05, 3.63) is 65.2 Å². The Morgan fingerprint density at radius 3 is 2.61 bits per heavy atom. The molecule has 1 saturated heterocycles. The van der Waals surface area contributed by atoms with Crippen LogP contribution >= 0.6 is 0 Å². The predicted octanol–water partition coefficient (Wildman–Crippen LogP) is 3.36. The topological polar surface area (TPSA) is 87.7 Å². The molecule has 2 aromatic carbocycles. The zero-order valence-corrected chi connectivity index (χ0v) is 19.4. The second-order valence-electron chi connectivity index (χ2n) is 7.91. The summed E-state index contributed by atoms with van der Waals surface area (Å²) < 4.78 is 21.4. The Balaban J connectivity index is 0.00000187. The van der Waals surface area contributed by atoms with Crippen LogP contribution in [0.2, 0.25) is 0 Å². The maximum Gasteiger partial charge on any atom is 0.324 e. The van der Waals surface area contributed by atoms with E-state index >= 15 is 4.39 Å². The highest BCUT2D eigenvalue weighted by atomic mass is 19.1. The molecule has 1 aliphatic heterocycles. The van der Waals surface area contributed by atoms with Crippen molar-refractivity contribution in [2.75, 3.05) is 26.7 Å². The summed E-state index contributed by atoms with van der Waals surface area (Å²) in [4.78, 5) is 35.2. The van der Waals surface area contributed by atoms with Gasteiger partial charge in [0.25, 0.3) is 5.91 Å². The lowest BCUT2D eigenvalue weighted by molar-refractivity contribution is -0.139. The Bertz CT molecular complexity index is 941. The number of ether oxygens (including phenoxy) is 1. The fourth-order valence-corrected chi connectivity index (χ4v) is 3.91. The molecule has 1 aliphatic rings. The molecular weight excluding hydrogens is 425 g/mol. The van der Waals surface area contributed by atoms with Gasteiger partial charge in [-0.15, -0.1) is 0 Å². The number of benzene rings is 2. The van der Waals surface area contributed by atoms with Gasteiger partial charge in [0.1, 0.15) is 12.5 Å². The van der Waals surface area contributed by atoms with Gasteiger partial charge in [-0.25, -0.2) is 9.18 Å². The third-order valence-electron chi connectivity index (χ3n) is 5.61. The molecule has 8 heteroatoms. The van der Waals surface area contributed by atoms with Crippen LogP contribution in [-0.4, -0.2) is 56.0 Å². The number of urea groups is 1. The Morgan fingerprint density at radius 1 is 1.27 bits per heavy atom. The van der Waals surface area contributed by atoms with Crippen molar-refractivity contribution in [2.24, 2.45) is 0 Å². The summed E-state index contributed by atoms with van der Waals surface area (Å²) in [5, 5.41) is 5.86. The van der Waals surface area contributed by atoms with Crippen LogP contribution in [0.4, 0.5) is 9.18 Å². The molecule has 178 valence electrons. The molecule has 0 radical (unpaired) electrons. The number of carbonyl (C=O) groups is 3. The number of hydrogen-bond acceptors (Lipinski definition) is 5. The minimum Gasteiger partial charge on any atom is -0.496 e. The second kappa shape index (κ2) is 12.1. The van der Waals surface area contributed by atoms with Crippen molar-refractivity contribution < 1.29 is 23.5 Å². The number of halogens is 1. The average Bonchev–Trinajstić information content (AvgIpc) is 2.98. The van der Waals surface area contributed by atoms with Crippen LogP contribution in [0.25, 0.3) is 0 Å². The van der Waals surface area contributed by atoms with Gasteiger partial charge < -0.3 is 20.2 Å². The fourth-order valence-electron chi connectivity index (χ4n) is 3.91. The van der Waals surface area contributed by atoms with Crippen LogP contribution in [0.3, 0.4) is 0 Å². The number of imide groups is 1. The Kier molecular flexibility index (Phi) is 9.54. The number of nitrogens with one attached hydrogen (secondary N) is 2. The van der Waals surface area contributed by atoms with E-state index in [1.807, 2.05) is 63.1 Å². The quantitative estimate of drug-likeness (QED) is 0.695. The molecule has 0 spiro atoms. The molecule has 1 heterocycles. The van der Waals surface area contributed by atoms with Crippen LogP contribution in [0.1, 0.15) is 36.1 Å². The maximum absolute atomic E-state index is 16.0. The number of rotatable bonds is 6. The van der Waals surface area contributed by atoms with Gasteiger partial charge in [-0.1, -0.05) is 55.0 Å². The monoisotopic (exact) mass is 457 g/mol. The molecule has 0 saturated carbocycles. The van der Waals surface area contributed by atoms with Crippen LogP contribution in [0, 0.1) is 6.92 Å². The summed E-state index contributed by atoms with van der Waals surface area (Å²) >= 11 is 0. The minimum atomic E-state index is -2.26. The Hall–Kier alpha value is -3.26. The number of carbonyl (C=O) groups excluding carboxylic acids is 3. The number of aryl methyl sites for hydroxylation is 1. The van der Waals surface area contributed by atoms with Crippen molar-refractivity contribution in [3.63, 3.8) is 0 Å². The maximum atomic E-state index is 16.0. The molecule has 33 heavy (non-hydrogen) atoms. The zero-order valence-electron chi connectivity index (χ0n) is 19.4. The first-order valence-corrected chi connectivity index (χ1v) is 10.9. The molecule has 3 rings (SSSR count). The Morgan fingerprint density at radius 2 is 1.97 bits per heavy atom. The van der Waals surface area contributed by atoms with E-state index in [2.05, 4.69) is 10.6 Å². The number of amides is 3. The lowest BCUT2D eigenvalue weighted by Crippen LogP contribution is -2.54. The van der Waals surface area contributed by atoms with Crippen molar-refractivity contribution in [1.82, 2.24) is 15.5 Å². The second-order valence-corrected chi connectivity index (χ2v) is 7.91. The van der Waals surface area contributed by atoms with Gasteiger partial charge in [0.05, 0.1) is 13.2 Å². The van der Waals surface area contributed by atoms with Crippen LogP contribution in [0.5, 0.6) is 5.75 Å². The smallest absolute Gasteiger partial charge is 0.324 e. The van der Waals surface area contributed by atoms with Crippen molar-refractivity contribution in [2.45, 2.75) is 38.4 Å². The van der Waals surface area contributed by atoms with E-state index < -0.39 is 17.6 Å². The number of hydrogen-bond donors (Lipinski definition) is 2. The van der Waals surface area contributed by atoms with Gasteiger partial charge in [-0.05, 0) is 30.5 Å². The fraction of sp³-hybridized carbons (Fsp3) is 0.400. The van der Waals surface area contributed by atoms with Gasteiger partial charge in [-0.2, -0.15) is 0 Å². The summed E-state index contributed by atoms with van der Waals surface area (Å²) in [6.45, 7) is 6.12. The summed E-state index contributed by atoms with van der Waals surface area (Å²) in [7, 11) is 1.51. The molecule has 1 fully saturated rings. The highest BCUT2D eigenvalue weighted by Gasteiger charge is 2.45. The van der Waals surface area contributed by atoms with Crippen LogP contribution in [-0.2, 0) is 16.0 Å². The minimum absolute atomic E-state index is 0.104. The highest BCUT2D eigenvalue weighted by molar-refractivity contribution is 5.99. The van der Waals surface area contributed by atoms with Gasteiger partial charge in [0, 0.05) is 26.1 Å². The standard InChI is InChI=1S/C24H30FN3O3.CH2O/c1-4-20(18-8-6-5-7-9-18)27-23(30)28-13-12-26-16-24(25,22(28)29)15-19-14-17(2)10-11-21(19)31-3;1-2/h5-11,14,20,26H,4,12-13,15-16H2,1-3H3,(H,27,30);1H2. The van der Waals surface area contributed by atoms with Gasteiger partial charge in [0.2, 0.25) is 5.67 Å². The Labute approximate surface area is 194 Å². The molecule has 2 unspecified atom stereocenters. The van der Waals surface area contributed by atoms with E-state index in [9.17, 15) is 9.59 Å². The summed E-state index contributed by atoms with van der Waals surface area (Å²) in [5.41, 5.74) is 0.216. The van der Waals surface area contributed by atoms with E-state index in [1.54, 1.807) is 6.07 Å². The first-order valence-electron chi connectivity index (χ1n) is 10.9. The van der Waals surface area contributed by atoms with E-state index in [0.717, 1.165) is 16.0 Å². The molecular formula is C25H32FN3O4. The lowest BCUT2D eigenvalue weighted by Gasteiger charge is -2.29. The third kappa shape index (κ3) is 6.38. The number of nitrogens with zero attached hydrogens (tertiary/aromatic N) is 1. The molecule has 7 nitrogen and oxygen atoms in total. The third-order valence-corrected chi connectivity index (χ3v) is 5.61. The van der Waals surface area contributed by atoms with Crippen molar-refractivity contribution in [1.29, 1.82) is 0 Å². The van der Waals surface area contributed by atoms with E-state index in [0.29, 0.717) is 24.3 Å². The van der Waals surface area contributed by atoms with Gasteiger partial charge >= 0.3 is 6.03 Å². The average molecular weight is 458 g/mol. The molecule has 0 aromatic heterocycles. The largest absolute Gasteiger partial charge is 0.496 e. The SMILES string of the molecule is C=O.CCC(NC(=O)N1CCNCC(F)(Cc2cc(C)ccc2OC)C1=O)c1ccccc1. The first-order chi connectivity index (χ1) is 15.9. The van der Waals surface area contributed by atoms with E-state index in [1.165, 1.54) is 7.11 Å². The van der Waals surface area contributed by atoms with Crippen molar-refractivity contribution >= 4 is 18.7 Å². The summed E-state index contributed by atoms with van der Waals surface area (Å²) in [6.07, 6.45) is 0.473. The molecule has 2 N–H and O–H groups in total. The van der Waals surface area contributed by atoms with E-state index in [-0.39, 0.29) is 25.6 Å². The predicted molar refractivity (Wildman–Crippen MR) is 125 cm³/mol. The zero-order chi connectivity index (χ0) is 24.4. The summed E-state index contributed by atoms with van der Waals surface area (Å²) in [5.74, 6) is -0.313. The van der Waals surface area contributed by atoms with E-state index in [4.69, 9.17) is 9.53 Å². The van der Waals surface area contributed by atoms with Crippen molar-refractivity contribution in [3.8, 4) is 5.75 Å². The lowest BCUT2D eigenvalue weighted by atomic mass is 9.93.